The van der Waals surface area contributed by atoms with Crippen LogP contribution in [0.3, 0.4) is 0 Å². The molecule has 2 aromatic heterocycles. The summed E-state index contributed by atoms with van der Waals surface area (Å²) >= 11 is 5.79. The molecule has 0 aliphatic rings. The van der Waals surface area contributed by atoms with Gasteiger partial charge in [0.1, 0.15) is 5.15 Å². The zero-order chi connectivity index (χ0) is 16.3. The first-order valence-corrected chi connectivity index (χ1v) is 7.45. The molecule has 0 aliphatic carbocycles. The van der Waals surface area contributed by atoms with Crippen molar-refractivity contribution < 1.29 is 4.79 Å². The van der Waals surface area contributed by atoms with Crippen LogP contribution in [-0.2, 0) is 0 Å². The minimum absolute atomic E-state index is 0.0730. The minimum atomic E-state index is -0.277. The summed E-state index contributed by atoms with van der Waals surface area (Å²) in [5.74, 6) is 0. The van der Waals surface area contributed by atoms with E-state index < -0.39 is 0 Å². The third kappa shape index (κ3) is 3.98. The van der Waals surface area contributed by atoms with Crippen molar-refractivity contribution in [2.75, 3.05) is 11.9 Å². The van der Waals surface area contributed by atoms with Crippen LogP contribution in [0.1, 0.15) is 30.0 Å². The van der Waals surface area contributed by atoms with Gasteiger partial charge in [0.15, 0.2) is 0 Å². The normalized spacial score (nSPS) is 12.0. The maximum absolute atomic E-state index is 12.0. The highest BCUT2D eigenvalue weighted by molar-refractivity contribution is 6.29. The number of amides is 2. The lowest BCUT2D eigenvalue weighted by molar-refractivity contribution is 0.250. The maximum Gasteiger partial charge on any atom is 0.319 e. The van der Waals surface area contributed by atoms with E-state index >= 15 is 0 Å². The number of urea groups is 1. The van der Waals surface area contributed by atoms with E-state index in [0.29, 0.717) is 23.1 Å². The summed E-state index contributed by atoms with van der Waals surface area (Å²) in [4.78, 5) is 16.1. The van der Waals surface area contributed by atoms with Crippen LogP contribution in [-0.4, -0.2) is 27.3 Å². The van der Waals surface area contributed by atoms with Crippen molar-refractivity contribution >= 4 is 23.3 Å². The molecule has 0 aromatic carbocycles. The molecule has 1 atom stereocenters. The van der Waals surface area contributed by atoms with E-state index in [1.807, 2.05) is 31.5 Å². The first-order valence-electron chi connectivity index (χ1n) is 7.07. The van der Waals surface area contributed by atoms with Gasteiger partial charge in [-0.1, -0.05) is 11.6 Å². The van der Waals surface area contributed by atoms with Crippen LogP contribution in [0.2, 0.25) is 5.15 Å². The van der Waals surface area contributed by atoms with E-state index in [1.54, 1.807) is 19.1 Å². The number of halogens is 1. The van der Waals surface area contributed by atoms with Crippen LogP contribution in [0.15, 0.2) is 18.2 Å². The van der Waals surface area contributed by atoms with E-state index in [0.717, 1.165) is 11.4 Å². The van der Waals surface area contributed by atoms with Gasteiger partial charge < -0.3 is 10.6 Å². The third-order valence-corrected chi connectivity index (χ3v) is 3.53. The van der Waals surface area contributed by atoms with Gasteiger partial charge in [0.2, 0.25) is 0 Å². The fraction of sp³-hybridized carbons (Fsp3) is 0.400. The van der Waals surface area contributed by atoms with Crippen molar-refractivity contribution in [1.82, 2.24) is 20.1 Å². The molecule has 22 heavy (non-hydrogen) atoms. The first kappa shape index (κ1) is 16.3. The van der Waals surface area contributed by atoms with Crippen LogP contribution < -0.4 is 10.6 Å². The molecular formula is C15H20ClN5O. The zero-order valence-corrected chi connectivity index (χ0v) is 13.9. The zero-order valence-electron chi connectivity index (χ0n) is 13.1. The molecule has 118 valence electrons. The Bertz CT molecular complexity index is 683. The molecule has 2 N–H and O–H groups in total. The largest absolute Gasteiger partial charge is 0.336 e. The molecule has 6 nitrogen and oxygen atoms in total. The first-order chi connectivity index (χ1) is 10.4. The second kappa shape index (κ2) is 6.79. The second-order valence-electron chi connectivity index (χ2n) is 5.32. The van der Waals surface area contributed by atoms with E-state index in [-0.39, 0.29) is 12.1 Å². The SMILES string of the molecule is Cc1cc(C)n([C@H](C)CNC(=O)Nc2ccc(Cl)nc2C)n1. The van der Waals surface area contributed by atoms with E-state index in [4.69, 9.17) is 11.6 Å². The van der Waals surface area contributed by atoms with Gasteiger partial charge in [0, 0.05) is 12.2 Å². The van der Waals surface area contributed by atoms with Crippen LogP contribution in [0.25, 0.3) is 0 Å². The fourth-order valence-electron chi connectivity index (χ4n) is 2.25. The van der Waals surface area contributed by atoms with Crippen LogP contribution >= 0.6 is 11.6 Å². The number of anilines is 1. The molecule has 2 heterocycles. The number of aryl methyl sites for hydroxylation is 3. The molecule has 0 radical (unpaired) electrons. The average molecular weight is 322 g/mol. The lowest BCUT2D eigenvalue weighted by atomic mass is 10.3. The Balaban J connectivity index is 1.91. The summed E-state index contributed by atoms with van der Waals surface area (Å²) in [5, 5.41) is 10.4. The van der Waals surface area contributed by atoms with Crippen LogP contribution in [0, 0.1) is 20.8 Å². The minimum Gasteiger partial charge on any atom is -0.336 e. The van der Waals surface area contributed by atoms with Crippen molar-refractivity contribution in [2.24, 2.45) is 0 Å². The molecule has 0 bridgehead atoms. The van der Waals surface area contributed by atoms with Crippen molar-refractivity contribution in [2.45, 2.75) is 33.7 Å². The lowest BCUT2D eigenvalue weighted by Gasteiger charge is -2.16. The van der Waals surface area contributed by atoms with E-state index in [1.165, 1.54) is 0 Å². The Morgan fingerprint density at radius 2 is 2.09 bits per heavy atom. The molecule has 0 saturated carbocycles. The second-order valence-corrected chi connectivity index (χ2v) is 5.71. The maximum atomic E-state index is 12.0. The quantitative estimate of drug-likeness (QED) is 0.849. The highest BCUT2D eigenvalue weighted by Gasteiger charge is 2.11. The monoisotopic (exact) mass is 321 g/mol. The Kier molecular flexibility index (Phi) is 5.03. The van der Waals surface area contributed by atoms with Crippen molar-refractivity contribution in [1.29, 1.82) is 0 Å². The Hall–Kier alpha value is -2.08. The number of hydrogen-bond donors (Lipinski definition) is 2. The summed E-state index contributed by atoms with van der Waals surface area (Å²) in [7, 11) is 0. The molecule has 0 fully saturated rings. The van der Waals surface area contributed by atoms with Gasteiger partial charge in [-0.15, -0.1) is 0 Å². The van der Waals surface area contributed by atoms with Crippen LogP contribution in [0.4, 0.5) is 10.5 Å². The highest BCUT2D eigenvalue weighted by Crippen LogP contribution is 2.15. The Morgan fingerprint density at radius 3 is 2.68 bits per heavy atom. The number of nitrogens with zero attached hydrogens (tertiary/aromatic N) is 3. The molecular weight excluding hydrogens is 302 g/mol. The molecule has 0 aliphatic heterocycles. The number of pyridine rings is 1. The predicted octanol–water partition coefficient (Wildman–Crippen LogP) is 3.24. The molecule has 2 aromatic rings. The third-order valence-electron chi connectivity index (χ3n) is 3.32. The number of aromatic nitrogens is 3. The standard InChI is InChI=1S/C15H20ClN5O/c1-9-7-10(2)21(20-9)11(3)8-17-15(22)19-13-5-6-14(16)18-12(13)4/h5-7,11H,8H2,1-4H3,(H2,17,19,22)/t11-/m1/s1. The van der Waals surface area contributed by atoms with Gasteiger partial charge in [-0.3, -0.25) is 4.68 Å². The number of nitrogens with one attached hydrogen (secondary N) is 2. The molecule has 0 unspecified atom stereocenters. The van der Waals surface area contributed by atoms with Gasteiger partial charge in [-0.25, -0.2) is 9.78 Å². The summed E-state index contributed by atoms with van der Waals surface area (Å²) in [6.45, 7) is 8.23. The molecule has 7 heteroatoms. The van der Waals surface area contributed by atoms with Gasteiger partial charge >= 0.3 is 6.03 Å². The van der Waals surface area contributed by atoms with Crippen molar-refractivity contribution in [3.63, 3.8) is 0 Å². The van der Waals surface area contributed by atoms with Gasteiger partial charge in [-0.05, 0) is 45.9 Å². The predicted molar refractivity (Wildman–Crippen MR) is 87.4 cm³/mol. The van der Waals surface area contributed by atoms with Crippen LogP contribution in [0.5, 0.6) is 0 Å². The van der Waals surface area contributed by atoms with Gasteiger partial charge in [-0.2, -0.15) is 5.10 Å². The smallest absolute Gasteiger partial charge is 0.319 e. The molecule has 2 rings (SSSR count). The van der Waals surface area contributed by atoms with Crippen molar-refractivity contribution in [3.8, 4) is 0 Å². The number of rotatable bonds is 4. The summed E-state index contributed by atoms with van der Waals surface area (Å²) in [6, 6.07) is 5.18. The lowest BCUT2D eigenvalue weighted by Crippen LogP contribution is -2.34. The van der Waals surface area contributed by atoms with E-state index in [9.17, 15) is 4.79 Å². The Morgan fingerprint density at radius 1 is 1.36 bits per heavy atom. The van der Waals surface area contributed by atoms with Crippen molar-refractivity contribution in [3.05, 3.63) is 40.4 Å². The number of carbonyl (C=O) groups excluding carboxylic acids is 1. The summed E-state index contributed by atoms with van der Waals surface area (Å²) in [5.41, 5.74) is 3.36. The van der Waals surface area contributed by atoms with Gasteiger partial charge in [0.25, 0.3) is 0 Å². The molecule has 0 spiro atoms. The Labute approximate surface area is 134 Å². The summed E-state index contributed by atoms with van der Waals surface area (Å²) in [6.07, 6.45) is 0. The molecule has 2 amide bonds. The molecule has 0 saturated heterocycles. The van der Waals surface area contributed by atoms with E-state index in [2.05, 4.69) is 20.7 Å². The average Bonchev–Trinajstić information content (AvgIpc) is 2.78. The topological polar surface area (TPSA) is 71.8 Å². The van der Waals surface area contributed by atoms with Gasteiger partial charge in [0.05, 0.1) is 23.1 Å². The number of carbonyl (C=O) groups is 1. The highest BCUT2D eigenvalue weighted by atomic mass is 35.5. The summed E-state index contributed by atoms with van der Waals surface area (Å²) < 4.78 is 1.91. The number of hydrogen-bond acceptors (Lipinski definition) is 3. The fourth-order valence-corrected chi connectivity index (χ4v) is 2.44.